The van der Waals surface area contributed by atoms with Crippen molar-refractivity contribution in [3.05, 3.63) is 48.3 Å². The summed E-state index contributed by atoms with van der Waals surface area (Å²) in [5.74, 6) is 1.64. The van der Waals surface area contributed by atoms with E-state index in [1.165, 1.54) is 30.6 Å². The van der Waals surface area contributed by atoms with E-state index in [0.717, 1.165) is 64.7 Å². The lowest BCUT2D eigenvalue weighted by Gasteiger charge is -2.36. The van der Waals surface area contributed by atoms with Gasteiger partial charge in [-0.3, -0.25) is 14.6 Å². The Balaban J connectivity index is 0.00000306. The standard InChI is InChI=1S/C25H39N7.HI/c1-3-26-25(32-14-11-22(21-32)23-19-28-29(2)20-23)27-12-7-8-13-30-15-17-31(18-16-30)24-9-5-4-6-10-24;/h4-6,9-10,19-20,22H,3,7-8,11-18,21H2,1-2H3,(H,26,27);1H. The Kier molecular flexibility index (Phi) is 10.3. The smallest absolute Gasteiger partial charge is 0.193 e. The van der Waals surface area contributed by atoms with E-state index in [-0.39, 0.29) is 24.0 Å². The van der Waals surface area contributed by atoms with Crippen molar-refractivity contribution < 1.29 is 0 Å². The van der Waals surface area contributed by atoms with E-state index < -0.39 is 0 Å². The highest BCUT2D eigenvalue weighted by molar-refractivity contribution is 14.0. The minimum atomic E-state index is 0. The zero-order valence-corrected chi connectivity index (χ0v) is 22.5. The number of hydrogen-bond donors (Lipinski definition) is 1. The monoisotopic (exact) mass is 565 g/mol. The van der Waals surface area contributed by atoms with E-state index in [2.05, 4.69) is 68.6 Å². The molecule has 2 aromatic rings. The summed E-state index contributed by atoms with van der Waals surface area (Å²) in [7, 11) is 1.99. The third-order valence-electron chi connectivity index (χ3n) is 6.66. The molecule has 0 spiro atoms. The lowest BCUT2D eigenvalue weighted by Crippen LogP contribution is -2.46. The number of nitrogens with zero attached hydrogens (tertiary/aromatic N) is 6. The lowest BCUT2D eigenvalue weighted by molar-refractivity contribution is 0.253. The first kappa shape index (κ1) is 25.8. The summed E-state index contributed by atoms with van der Waals surface area (Å²) in [6, 6.07) is 10.8. The number of guanidine groups is 1. The zero-order valence-electron chi connectivity index (χ0n) is 20.2. The molecule has 1 N–H and O–H groups in total. The fourth-order valence-electron chi connectivity index (χ4n) is 4.80. The van der Waals surface area contributed by atoms with Gasteiger partial charge in [0.15, 0.2) is 5.96 Å². The van der Waals surface area contributed by atoms with Crippen LogP contribution in [0.25, 0.3) is 0 Å². The van der Waals surface area contributed by atoms with Gasteiger partial charge in [-0.2, -0.15) is 5.10 Å². The number of para-hydroxylation sites is 1. The van der Waals surface area contributed by atoms with Gasteiger partial charge in [0.1, 0.15) is 0 Å². The molecule has 1 unspecified atom stereocenters. The Morgan fingerprint density at radius 3 is 2.58 bits per heavy atom. The van der Waals surface area contributed by atoms with Gasteiger partial charge in [0.25, 0.3) is 0 Å². The Morgan fingerprint density at radius 2 is 1.88 bits per heavy atom. The number of rotatable bonds is 8. The second-order valence-electron chi connectivity index (χ2n) is 8.99. The summed E-state index contributed by atoms with van der Waals surface area (Å²) in [6.45, 7) is 11.8. The highest BCUT2D eigenvalue weighted by Gasteiger charge is 2.26. The number of hydrogen-bond acceptors (Lipinski definition) is 4. The molecule has 33 heavy (non-hydrogen) atoms. The van der Waals surface area contributed by atoms with E-state index in [1.807, 2.05) is 17.9 Å². The van der Waals surface area contributed by atoms with Crippen molar-refractivity contribution in [1.29, 1.82) is 0 Å². The second kappa shape index (κ2) is 13.2. The van der Waals surface area contributed by atoms with Crippen LogP contribution in [0.4, 0.5) is 5.69 Å². The molecule has 3 heterocycles. The molecule has 8 heteroatoms. The predicted octanol–water partition coefficient (Wildman–Crippen LogP) is 3.40. The van der Waals surface area contributed by atoms with E-state index in [1.54, 1.807) is 0 Å². The number of aliphatic imine (C=N–C) groups is 1. The SMILES string of the molecule is CCNC(=NCCCCN1CCN(c2ccccc2)CC1)N1CCC(c2cnn(C)c2)C1.I. The molecule has 1 atom stereocenters. The van der Waals surface area contributed by atoms with Crippen LogP contribution in [0.2, 0.25) is 0 Å². The van der Waals surface area contributed by atoms with Crippen molar-refractivity contribution in [2.45, 2.75) is 32.1 Å². The summed E-state index contributed by atoms with van der Waals surface area (Å²) in [5, 5.41) is 7.84. The first-order chi connectivity index (χ1) is 15.7. The second-order valence-corrected chi connectivity index (χ2v) is 8.99. The third-order valence-corrected chi connectivity index (χ3v) is 6.66. The average Bonchev–Trinajstić information content (AvgIpc) is 3.48. The fraction of sp³-hybridized carbons (Fsp3) is 0.600. The Labute approximate surface area is 216 Å². The molecule has 0 radical (unpaired) electrons. The quantitative estimate of drug-likeness (QED) is 0.230. The van der Waals surface area contributed by atoms with Crippen molar-refractivity contribution in [3.8, 4) is 0 Å². The molecule has 1 aromatic heterocycles. The van der Waals surface area contributed by atoms with Crippen LogP contribution in [0, 0.1) is 0 Å². The first-order valence-corrected chi connectivity index (χ1v) is 12.3. The van der Waals surface area contributed by atoms with Gasteiger partial charge in [0.05, 0.1) is 6.20 Å². The molecule has 0 bridgehead atoms. The number of halogens is 1. The topological polar surface area (TPSA) is 51.9 Å². The highest BCUT2D eigenvalue weighted by Crippen LogP contribution is 2.26. The summed E-state index contributed by atoms with van der Waals surface area (Å²) >= 11 is 0. The van der Waals surface area contributed by atoms with Gasteiger partial charge in [0, 0.05) is 77.2 Å². The first-order valence-electron chi connectivity index (χ1n) is 12.3. The van der Waals surface area contributed by atoms with Gasteiger partial charge < -0.3 is 15.1 Å². The number of likely N-dealkylation sites (tertiary alicyclic amines) is 1. The van der Waals surface area contributed by atoms with Gasteiger partial charge >= 0.3 is 0 Å². The average molecular weight is 566 g/mol. The maximum atomic E-state index is 4.95. The molecular weight excluding hydrogens is 525 g/mol. The zero-order chi connectivity index (χ0) is 22.2. The third kappa shape index (κ3) is 7.34. The van der Waals surface area contributed by atoms with Crippen LogP contribution in [-0.2, 0) is 7.05 Å². The van der Waals surface area contributed by atoms with Crippen LogP contribution in [0.5, 0.6) is 0 Å². The predicted molar refractivity (Wildman–Crippen MR) is 148 cm³/mol. The van der Waals surface area contributed by atoms with Crippen LogP contribution in [0.15, 0.2) is 47.7 Å². The van der Waals surface area contributed by atoms with Crippen LogP contribution in [0.3, 0.4) is 0 Å². The Bertz CT molecular complexity index is 845. The Hall–Kier alpha value is -1.81. The molecule has 2 aliphatic rings. The van der Waals surface area contributed by atoms with E-state index >= 15 is 0 Å². The molecule has 0 aliphatic carbocycles. The minimum Gasteiger partial charge on any atom is -0.369 e. The van der Waals surface area contributed by atoms with Gasteiger partial charge in [-0.25, -0.2) is 0 Å². The molecule has 2 aliphatic heterocycles. The molecular formula is C25H40IN7. The van der Waals surface area contributed by atoms with E-state index in [4.69, 9.17) is 4.99 Å². The number of benzene rings is 1. The lowest BCUT2D eigenvalue weighted by atomic mass is 10.0. The summed E-state index contributed by atoms with van der Waals surface area (Å²) in [6.07, 6.45) is 7.70. The van der Waals surface area contributed by atoms with Crippen molar-refractivity contribution in [2.75, 3.05) is 63.8 Å². The minimum absolute atomic E-state index is 0. The maximum absolute atomic E-state index is 4.95. The summed E-state index contributed by atoms with van der Waals surface area (Å²) in [4.78, 5) is 12.5. The molecule has 2 fully saturated rings. The molecule has 4 rings (SSSR count). The van der Waals surface area contributed by atoms with Gasteiger partial charge in [-0.1, -0.05) is 18.2 Å². The number of anilines is 1. The normalized spacial score (nSPS) is 19.6. The molecule has 182 valence electrons. The number of nitrogens with one attached hydrogen (secondary N) is 1. The van der Waals surface area contributed by atoms with Crippen LogP contribution >= 0.6 is 24.0 Å². The van der Waals surface area contributed by atoms with Crippen LogP contribution in [0.1, 0.15) is 37.7 Å². The van der Waals surface area contributed by atoms with Crippen molar-refractivity contribution >= 4 is 35.6 Å². The molecule has 1 aromatic carbocycles. The Morgan fingerprint density at radius 1 is 1.09 bits per heavy atom. The fourth-order valence-corrected chi connectivity index (χ4v) is 4.80. The van der Waals surface area contributed by atoms with Crippen LogP contribution < -0.4 is 10.2 Å². The van der Waals surface area contributed by atoms with Gasteiger partial charge in [0.2, 0.25) is 0 Å². The number of unbranched alkanes of at least 4 members (excludes halogenated alkanes) is 1. The van der Waals surface area contributed by atoms with Crippen molar-refractivity contribution in [2.24, 2.45) is 12.0 Å². The molecule has 7 nitrogen and oxygen atoms in total. The number of aromatic nitrogens is 2. The van der Waals surface area contributed by atoms with Crippen LogP contribution in [-0.4, -0.2) is 84.4 Å². The summed E-state index contributed by atoms with van der Waals surface area (Å²) < 4.78 is 1.90. The number of aryl methyl sites for hydroxylation is 1. The van der Waals surface area contributed by atoms with E-state index in [0.29, 0.717) is 5.92 Å². The molecule has 2 saturated heterocycles. The van der Waals surface area contributed by atoms with Crippen molar-refractivity contribution in [3.63, 3.8) is 0 Å². The molecule has 0 amide bonds. The van der Waals surface area contributed by atoms with Gasteiger partial charge in [-0.15, -0.1) is 24.0 Å². The van der Waals surface area contributed by atoms with Crippen molar-refractivity contribution in [1.82, 2.24) is 24.9 Å². The van der Waals surface area contributed by atoms with E-state index in [9.17, 15) is 0 Å². The number of piperazine rings is 1. The van der Waals surface area contributed by atoms with Gasteiger partial charge in [-0.05, 0) is 50.4 Å². The summed E-state index contributed by atoms with van der Waals surface area (Å²) in [5.41, 5.74) is 2.70. The maximum Gasteiger partial charge on any atom is 0.193 e. The largest absolute Gasteiger partial charge is 0.369 e. The molecule has 0 saturated carbocycles. The highest BCUT2D eigenvalue weighted by atomic mass is 127.